The van der Waals surface area contributed by atoms with Crippen LogP contribution in [0.4, 0.5) is 10.5 Å². The zero-order valence-corrected chi connectivity index (χ0v) is 36.1. The highest BCUT2D eigenvalue weighted by Crippen LogP contribution is 2.13. The number of nitrogens with two attached hydrogens (primary N) is 1. The molecular formula is C39H56N10O12S. The van der Waals surface area contributed by atoms with E-state index in [-0.39, 0.29) is 67.8 Å². The van der Waals surface area contributed by atoms with Crippen molar-refractivity contribution in [1.29, 1.82) is 0 Å². The van der Waals surface area contributed by atoms with Crippen molar-refractivity contribution in [2.75, 3.05) is 43.8 Å². The standard InChI is InChI=1S/C39H56N10O12S/c1-26(2)36(44-33(52)10-8-17-48-22-30(45-46-48)21-41-32(51)9-6-5-7-18-49-34(53)15-16-35(49)54)38(56)42-27(3)37(55)43-29-13-11-28(12-14-29)23-61-39(57)47(19-20-62(4,58)59)25-60-24-31(40)50/h11-16,22,26-27,36H,5-10,17-21,23-25H2,1-4H3,(H2,40,50)(H,41,51)(H,42,56)(H,43,55)(H,44,52)/t27?,36-/m0/s1. The number of nitrogens with one attached hydrogen (secondary N) is 4. The summed E-state index contributed by atoms with van der Waals surface area (Å²) in [4.78, 5) is 100. The normalized spacial score (nSPS) is 13.4. The number of carbonyl (C=O) groups excluding carboxylic acids is 8. The van der Waals surface area contributed by atoms with Gasteiger partial charge in [0.25, 0.3) is 11.8 Å². The number of aromatic nitrogens is 3. The van der Waals surface area contributed by atoms with Crippen molar-refractivity contribution in [3.8, 4) is 0 Å². The van der Waals surface area contributed by atoms with Gasteiger partial charge in [0.15, 0.2) is 0 Å². The number of anilines is 1. The minimum Gasteiger partial charge on any atom is -0.444 e. The van der Waals surface area contributed by atoms with Crippen molar-refractivity contribution >= 4 is 63.0 Å². The summed E-state index contributed by atoms with van der Waals surface area (Å²) < 4.78 is 35.0. The van der Waals surface area contributed by atoms with Gasteiger partial charge in [-0.25, -0.2) is 13.2 Å². The number of imide groups is 1. The second kappa shape index (κ2) is 24.9. The lowest BCUT2D eigenvalue weighted by molar-refractivity contribution is -0.137. The fraction of sp³-hybridized carbons (Fsp3) is 0.538. The number of hydrogen-bond donors (Lipinski definition) is 5. The van der Waals surface area contributed by atoms with Gasteiger partial charge >= 0.3 is 6.09 Å². The minimum absolute atomic E-state index is 0.0804. The van der Waals surface area contributed by atoms with Crippen molar-refractivity contribution in [3.05, 3.63) is 53.9 Å². The first-order valence-corrected chi connectivity index (χ1v) is 22.0. The lowest BCUT2D eigenvalue weighted by Gasteiger charge is -2.24. The van der Waals surface area contributed by atoms with Gasteiger partial charge in [0, 0.05) is 56.6 Å². The van der Waals surface area contributed by atoms with Crippen LogP contribution in [0.1, 0.15) is 70.6 Å². The molecule has 1 aliphatic heterocycles. The predicted molar refractivity (Wildman–Crippen MR) is 221 cm³/mol. The first-order valence-electron chi connectivity index (χ1n) is 20.0. The van der Waals surface area contributed by atoms with Crippen LogP contribution in [0.2, 0.25) is 0 Å². The lowest BCUT2D eigenvalue weighted by Crippen LogP contribution is -2.53. The lowest BCUT2D eigenvalue weighted by atomic mass is 10.0. The van der Waals surface area contributed by atoms with E-state index < -0.39 is 59.1 Å². The summed E-state index contributed by atoms with van der Waals surface area (Å²) in [5.74, 6) is -3.69. The summed E-state index contributed by atoms with van der Waals surface area (Å²) in [5.41, 5.74) is 6.49. The molecule has 62 heavy (non-hydrogen) atoms. The van der Waals surface area contributed by atoms with E-state index in [0.717, 1.165) is 11.2 Å². The molecular weight excluding hydrogens is 833 g/mol. The number of aryl methyl sites for hydroxylation is 1. The molecule has 3 rings (SSSR count). The molecule has 1 aromatic heterocycles. The van der Waals surface area contributed by atoms with Crippen LogP contribution in [-0.4, -0.2) is 131 Å². The fourth-order valence-electron chi connectivity index (χ4n) is 5.65. The maximum Gasteiger partial charge on any atom is 0.411 e. The third-order valence-electron chi connectivity index (χ3n) is 9.11. The number of hydrogen-bond acceptors (Lipinski definition) is 14. The summed E-state index contributed by atoms with van der Waals surface area (Å²) in [7, 11) is -3.41. The number of amides is 8. The molecule has 1 unspecified atom stereocenters. The number of carbonyl (C=O) groups is 8. The Balaban J connectivity index is 1.35. The van der Waals surface area contributed by atoms with E-state index in [9.17, 15) is 46.8 Å². The first kappa shape index (κ1) is 50.1. The van der Waals surface area contributed by atoms with Gasteiger partial charge in [-0.1, -0.05) is 37.6 Å². The Hall–Kier alpha value is -6.23. The van der Waals surface area contributed by atoms with Gasteiger partial charge in [-0.2, -0.15) is 0 Å². The molecule has 0 aliphatic carbocycles. The van der Waals surface area contributed by atoms with Crippen LogP contribution in [0.3, 0.4) is 0 Å². The monoisotopic (exact) mass is 888 g/mol. The number of ether oxygens (including phenoxy) is 2. The van der Waals surface area contributed by atoms with E-state index in [1.165, 1.54) is 24.0 Å². The number of rotatable bonds is 27. The summed E-state index contributed by atoms with van der Waals surface area (Å²) in [6.45, 7) is 4.53. The Morgan fingerprint density at radius 1 is 0.871 bits per heavy atom. The van der Waals surface area contributed by atoms with E-state index in [1.807, 2.05) is 0 Å². The van der Waals surface area contributed by atoms with Crippen LogP contribution in [0.5, 0.6) is 0 Å². The Morgan fingerprint density at radius 2 is 1.55 bits per heavy atom. The average molecular weight is 889 g/mol. The molecule has 2 aromatic rings. The SMILES string of the molecule is CC(NC(=O)[C@@H](NC(=O)CCCn1cc(CNC(=O)CCCCCN2C(=O)C=CC2=O)nn1)C(C)C)C(=O)Nc1ccc(COC(=O)N(CCS(C)(=O)=O)COCC(N)=O)cc1. The van der Waals surface area contributed by atoms with Crippen LogP contribution in [-0.2, 0) is 72.6 Å². The molecule has 2 heterocycles. The summed E-state index contributed by atoms with van der Waals surface area (Å²) in [5, 5.41) is 18.9. The highest BCUT2D eigenvalue weighted by molar-refractivity contribution is 7.90. The van der Waals surface area contributed by atoms with Crippen molar-refractivity contribution in [1.82, 2.24) is 40.7 Å². The molecule has 2 atom stereocenters. The smallest absolute Gasteiger partial charge is 0.411 e. The molecule has 6 N–H and O–H groups in total. The Labute approximate surface area is 359 Å². The maximum absolute atomic E-state index is 13.2. The molecule has 23 heteroatoms. The van der Waals surface area contributed by atoms with Crippen LogP contribution in [0.15, 0.2) is 42.6 Å². The zero-order chi connectivity index (χ0) is 45.8. The predicted octanol–water partition coefficient (Wildman–Crippen LogP) is -0.113. The molecule has 1 aromatic carbocycles. The molecule has 8 amide bonds. The fourth-order valence-corrected chi connectivity index (χ4v) is 6.21. The highest BCUT2D eigenvalue weighted by atomic mass is 32.2. The number of nitrogens with zero attached hydrogens (tertiary/aromatic N) is 5. The van der Waals surface area contributed by atoms with Gasteiger partial charge in [0.1, 0.15) is 47.6 Å². The summed E-state index contributed by atoms with van der Waals surface area (Å²) in [6.07, 6.45) is 6.91. The van der Waals surface area contributed by atoms with Crippen molar-refractivity contribution in [2.24, 2.45) is 11.7 Å². The summed E-state index contributed by atoms with van der Waals surface area (Å²) >= 11 is 0. The van der Waals surface area contributed by atoms with E-state index in [0.29, 0.717) is 55.7 Å². The Morgan fingerprint density at radius 3 is 2.19 bits per heavy atom. The number of sulfone groups is 1. The average Bonchev–Trinajstić information content (AvgIpc) is 3.80. The first-order chi connectivity index (χ1) is 29.3. The van der Waals surface area contributed by atoms with Crippen LogP contribution in [0, 0.1) is 5.92 Å². The van der Waals surface area contributed by atoms with Gasteiger partial charge in [-0.3, -0.25) is 48.0 Å². The van der Waals surface area contributed by atoms with E-state index in [4.69, 9.17) is 15.2 Å². The topological polar surface area (TPSA) is 300 Å². The Kier molecular flexibility index (Phi) is 20.1. The molecule has 22 nitrogen and oxygen atoms in total. The van der Waals surface area contributed by atoms with Gasteiger partial charge in [0.2, 0.25) is 29.5 Å². The molecule has 1 aliphatic rings. The molecule has 0 spiro atoms. The van der Waals surface area contributed by atoms with Crippen molar-refractivity contribution in [3.63, 3.8) is 0 Å². The van der Waals surface area contributed by atoms with Crippen LogP contribution < -0.4 is 27.0 Å². The second-order valence-corrected chi connectivity index (χ2v) is 17.2. The molecule has 0 fully saturated rings. The highest BCUT2D eigenvalue weighted by Gasteiger charge is 2.27. The maximum atomic E-state index is 13.2. The third kappa shape index (κ3) is 18.6. The number of unbranched alkanes of at least 4 members (excludes halogenated alkanes) is 2. The third-order valence-corrected chi connectivity index (χ3v) is 10.0. The molecule has 0 saturated carbocycles. The van der Waals surface area contributed by atoms with Gasteiger partial charge in [0.05, 0.1) is 18.5 Å². The van der Waals surface area contributed by atoms with E-state index in [2.05, 4.69) is 31.6 Å². The van der Waals surface area contributed by atoms with E-state index >= 15 is 0 Å². The molecule has 0 bridgehead atoms. The second-order valence-electron chi connectivity index (χ2n) is 14.9. The van der Waals surface area contributed by atoms with Gasteiger partial charge in [-0.15, -0.1) is 5.10 Å². The van der Waals surface area contributed by atoms with Crippen LogP contribution >= 0.6 is 0 Å². The number of benzene rings is 1. The summed E-state index contributed by atoms with van der Waals surface area (Å²) in [6, 6.07) is 4.38. The van der Waals surface area contributed by atoms with Crippen molar-refractivity contribution < 1.29 is 56.2 Å². The van der Waals surface area contributed by atoms with Crippen molar-refractivity contribution in [2.45, 2.75) is 91.1 Å². The zero-order valence-electron chi connectivity index (χ0n) is 35.3. The quantitative estimate of drug-likeness (QED) is 0.0444. The van der Waals surface area contributed by atoms with Gasteiger partial charge in [-0.05, 0) is 49.8 Å². The number of primary amides is 1. The minimum atomic E-state index is -3.41. The van der Waals surface area contributed by atoms with Crippen LogP contribution in [0.25, 0.3) is 0 Å². The van der Waals surface area contributed by atoms with Gasteiger partial charge < -0.3 is 36.5 Å². The molecule has 340 valence electrons. The molecule has 0 saturated heterocycles. The largest absolute Gasteiger partial charge is 0.444 e. The van der Waals surface area contributed by atoms with E-state index in [1.54, 1.807) is 49.0 Å². The molecule has 0 radical (unpaired) electrons. The Bertz CT molecular complexity index is 2020.